The maximum Gasteiger partial charge on any atom is 0.123 e. The highest BCUT2D eigenvalue weighted by Gasteiger charge is 2.12. The van der Waals surface area contributed by atoms with E-state index in [4.69, 9.17) is 0 Å². The summed E-state index contributed by atoms with van der Waals surface area (Å²) in [7, 11) is 0. The molecule has 1 aliphatic heterocycles. The number of aromatic nitrogens is 1. The van der Waals surface area contributed by atoms with E-state index in [9.17, 15) is 4.39 Å². The van der Waals surface area contributed by atoms with Gasteiger partial charge < -0.3 is 9.88 Å². The van der Waals surface area contributed by atoms with Crippen molar-refractivity contribution in [2.45, 2.75) is 13.0 Å². The summed E-state index contributed by atoms with van der Waals surface area (Å²) in [4.78, 5) is 0. The topological polar surface area (TPSA) is 17.0 Å². The van der Waals surface area contributed by atoms with E-state index in [2.05, 4.69) is 34.1 Å². The van der Waals surface area contributed by atoms with Crippen molar-refractivity contribution in [3.63, 3.8) is 0 Å². The Morgan fingerprint density at radius 3 is 2.57 bits per heavy atom. The summed E-state index contributed by atoms with van der Waals surface area (Å²) >= 11 is 0. The Bertz CT molecular complexity index is 787. The number of nitrogens with one attached hydrogen (secondary N) is 1. The summed E-state index contributed by atoms with van der Waals surface area (Å²) in [5, 5.41) is 4.72. The van der Waals surface area contributed by atoms with Gasteiger partial charge in [-0.1, -0.05) is 24.3 Å². The third kappa shape index (κ3) is 2.24. The lowest BCUT2D eigenvalue weighted by atomic mass is 10.0. The molecule has 0 atom stereocenters. The molecule has 1 aliphatic rings. The number of rotatable bonds is 1. The number of benzene rings is 2. The average Bonchev–Trinajstić information content (AvgIpc) is 2.68. The van der Waals surface area contributed by atoms with Crippen LogP contribution in [-0.2, 0) is 13.0 Å². The van der Waals surface area contributed by atoms with E-state index in [0.717, 1.165) is 37.2 Å². The highest BCUT2D eigenvalue weighted by Crippen LogP contribution is 2.27. The van der Waals surface area contributed by atoms with Crippen molar-refractivity contribution in [2.75, 3.05) is 13.1 Å². The maximum atomic E-state index is 13.1. The van der Waals surface area contributed by atoms with Crippen LogP contribution in [0.2, 0.25) is 0 Å². The van der Waals surface area contributed by atoms with Gasteiger partial charge in [-0.15, -0.1) is 0 Å². The van der Waals surface area contributed by atoms with Gasteiger partial charge in [0, 0.05) is 37.3 Å². The van der Waals surface area contributed by atoms with Crippen LogP contribution >= 0.6 is 0 Å². The van der Waals surface area contributed by atoms with Gasteiger partial charge in [0.05, 0.1) is 0 Å². The SMILES string of the molecule is Fc1ccc(-c2ccc3cc4n(c3c2)CCNCC4)cc1. The van der Waals surface area contributed by atoms with Gasteiger partial charge in [-0.2, -0.15) is 0 Å². The van der Waals surface area contributed by atoms with Crippen LogP contribution in [0.1, 0.15) is 5.69 Å². The van der Waals surface area contributed by atoms with E-state index in [0.29, 0.717) is 0 Å². The van der Waals surface area contributed by atoms with Gasteiger partial charge in [0.2, 0.25) is 0 Å². The summed E-state index contributed by atoms with van der Waals surface area (Å²) in [6.45, 7) is 3.06. The third-order valence-electron chi connectivity index (χ3n) is 4.24. The number of hydrogen-bond acceptors (Lipinski definition) is 1. The Balaban J connectivity index is 1.85. The Labute approximate surface area is 123 Å². The third-order valence-corrected chi connectivity index (χ3v) is 4.24. The molecule has 0 bridgehead atoms. The van der Waals surface area contributed by atoms with Gasteiger partial charge in [-0.3, -0.25) is 0 Å². The molecule has 1 aromatic heterocycles. The number of fused-ring (bicyclic) bond motifs is 3. The van der Waals surface area contributed by atoms with Gasteiger partial charge in [0.25, 0.3) is 0 Å². The molecule has 1 N–H and O–H groups in total. The highest BCUT2D eigenvalue weighted by molar-refractivity contribution is 5.86. The van der Waals surface area contributed by atoms with Gasteiger partial charge in [-0.25, -0.2) is 4.39 Å². The van der Waals surface area contributed by atoms with E-state index in [1.807, 2.05) is 12.1 Å². The molecule has 0 saturated carbocycles. The van der Waals surface area contributed by atoms with Crippen molar-refractivity contribution in [2.24, 2.45) is 0 Å². The van der Waals surface area contributed by atoms with Crippen molar-refractivity contribution >= 4 is 10.9 Å². The van der Waals surface area contributed by atoms with Crippen LogP contribution in [0.4, 0.5) is 4.39 Å². The first-order chi connectivity index (χ1) is 10.3. The molecule has 3 heteroatoms. The highest BCUT2D eigenvalue weighted by atomic mass is 19.1. The summed E-state index contributed by atoms with van der Waals surface area (Å²) in [6, 6.07) is 15.5. The van der Waals surface area contributed by atoms with Crippen molar-refractivity contribution in [3.8, 4) is 11.1 Å². The zero-order chi connectivity index (χ0) is 14.2. The number of nitrogens with zero attached hydrogens (tertiary/aromatic N) is 1. The first-order valence-electron chi connectivity index (χ1n) is 7.40. The molecule has 0 fully saturated rings. The second-order valence-corrected chi connectivity index (χ2v) is 5.57. The lowest BCUT2D eigenvalue weighted by Crippen LogP contribution is -2.17. The van der Waals surface area contributed by atoms with Gasteiger partial charge >= 0.3 is 0 Å². The fourth-order valence-electron chi connectivity index (χ4n) is 3.14. The van der Waals surface area contributed by atoms with E-state index in [1.54, 1.807) is 0 Å². The normalized spacial score (nSPS) is 14.9. The Hall–Kier alpha value is -2.13. The quantitative estimate of drug-likeness (QED) is 0.721. The Kier molecular flexibility index (Phi) is 3.00. The lowest BCUT2D eigenvalue weighted by Gasteiger charge is -2.08. The van der Waals surface area contributed by atoms with Crippen molar-refractivity contribution in [3.05, 3.63) is 60.0 Å². The molecular weight excluding hydrogens is 263 g/mol. The molecule has 2 nitrogen and oxygen atoms in total. The minimum atomic E-state index is -0.192. The zero-order valence-electron chi connectivity index (χ0n) is 11.8. The van der Waals surface area contributed by atoms with E-state index in [1.165, 1.54) is 28.7 Å². The van der Waals surface area contributed by atoms with Crippen LogP contribution in [0.15, 0.2) is 48.5 Å². The maximum absolute atomic E-state index is 13.1. The Morgan fingerprint density at radius 1 is 0.905 bits per heavy atom. The number of halogens is 1. The van der Waals surface area contributed by atoms with Crippen molar-refractivity contribution in [1.82, 2.24) is 9.88 Å². The van der Waals surface area contributed by atoms with Crippen LogP contribution < -0.4 is 5.32 Å². The summed E-state index contributed by atoms with van der Waals surface area (Å²) < 4.78 is 15.5. The lowest BCUT2D eigenvalue weighted by molar-refractivity contribution is 0.628. The second-order valence-electron chi connectivity index (χ2n) is 5.57. The molecule has 0 aliphatic carbocycles. The fraction of sp³-hybridized carbons (Fsp3) is 0.222. The van der Waals surface area contributed by atoms with Crippen LogP contribution in [0.3, 0.4) is 0 Å². The molecule has 0 unspecified atom stereocenters. The molecule has 2 aromatic carbocycles. The fourth-order valence-corrected chi connectivity index (χ4v) is 3.14. The van der Waals surface area contributed by atoms with Crippen LogP contribution in [0.5, 0.6) is 0 Å². The van der Waals surface area contributed by atoms with Gasteiger partial charge in [0.15, 0.2) is 0 Å². The summed E-state index contributed by atoms with van der Waals surface area (Å²) in [5.74, 6) is -0.192. The number of hydrogen-bond donors (Lipinski definition) is 1. The van der Waals surface area contributed by atoms with Gasteiger partial charge in [0.1, 0.15) is 5.82 Å². The van der Waals surface area contributed by atoms with E-state index >= 15 is 0 Å². The Morgan fingerprint density at radius 2 is 1.71 bits per heavy atom. The van der Waals surface area contributed by atoms with Crippen LogP contribution in [0, 0.1) is 5.82 Å². The van der Waals surface area contributed by atoms with Crippen LogP contribution in [-0.4, -0.2) is 17.7 Å². The van der Waals surface area contributed by atoms with E-state index in [-0.39, 0.29) is 5.82 Å². The first-order valence-corrected chi connectivity index (χ1v) is 7.40. The molecule has 106 valence electrons. The minimum absolute atomic E-state index is 0.192. The average molecular weight is 280 g/mol. The molecule has 2 heterocycles. The standard InChI is InChI=1S/C18H17FN2/c19-16-5-3-13(4-6-16)14-1-2-15-11-17-7-8-20-9-10-21(17)18(15)12-14/h1-6,11-12,20H,7-10H2. The summed E-state index contributed by atoms with van der Waals surface area (Å²) in [6.07, 6.45) is 1.07. The van der Waals surface area contributed by atoms with E-state index < -0.39 is 0 Å². The first kappa shape index (κ1) is 12.6. The molecule has 0 spiro atoms. The molecule has 0 saturated heterocycles. The molecule has 0 radical (unpaired) electrons. The monoisotopic (exact) mass is 280 g/mol. The van der Waals surface area contributed by atoms with Crippen molar-refractivity contribution in [1.29, 1.82) is 0 Å². The molecule has 3 aromatic rings. The molecule has 21 heavy (non-hydrogen) atoms. The predicted molar refractivity (Wildman–Crippen MR) is 83.9 cm³/mol. The molecular formula is C18H17FN2. The van der Waals surface area contributed by atoms with Crippen molar-refractivity contribution < 1.29 is 4.39 Å². The smallest absolute Gasteiger partial charge is 0.123 e. The molecule has 4 rings (SSSR count). The predicted octanol–water partition coefficient (Wildman–Crippen LogP) is 3.59. The summed E-state index contributed by atoms with van der Waals surface area (Å²) in [5.41, 5.74) is 4.86. The minimum Gasteiger partial charge on any atom is -0.343 e. The van der Waals surface area contributed by atoms with Crippen LogP contribution in [0.25, 0.3) is 22.0 Å². The largest absolute Gasteiger partial charge is 0.343 e. The molecule has 0 amide bonds. The zero-order valence-corrected chi connectivity index (χ0v) is 11.8. The van der Waals surface area contributed by atoms with Gasteiger partial charge in [-0.05, 0) is 40.8 Å². The second kappa shape index (κ2) is 5.01.